The molecule has 2 rings (SSSR count). The first-order chi connectivity index (χ1) is 6.27. The number of pyridine rings is 1. The quantitative estimate of drug-likeness (QED) is 0.745. The number of H-pyrrole nitrogens is 1. The molecule has 0 aliphatic rings. The SMILES string of the molecule is Nc1cn[nH]c1-c1ccc(Br)nc1. The van der Waals surface area contributed by atoms with E-state index in [2.05, 4.69) is 31.1 Å². The minimum atomic E-state index is 0.629. The van der Waals surface area contributed by atoms with Gasteiger partial charge in [-0.15, -0.1) is 0 Å². The minimum Gasteiger partial charge on any atom is -0.396 e. The fourth-order valence-electron chi connectivity index (χ4n) is 1.05. The van der Waals surface area contributed by atoms with Gasteiger partial charge in [-0.05, 0) is 28.1 Å². The van der Waals surface area contributed by atoms with Crippen molar-refractivity contribution in [1.29, 1.82) is 0 Å². The first-order valence-corrected chi connectivity index (χ1v) is 4.47. The van der Waals surface area contributed by atoms with Crippen molar-refractivity contribution in [3.63, 3.8) is 0 Å². The molecule has 5 heteroatoms. The van der Waals surface area contributed by atoms with Crippen LogP contribution >= 0.6 is 15.9 Å². The minimum absolute atomic E-state index is 0.629. The van der Waals surface area contributed by atoms with Crippen LogP contribution in [0, 0.1) is 0 Å². The number of aromatic amines is 1. The Balaban J connectivity index is 2.47. The lowest BCUT2D eigenvalue weighted by atomic mass is 10.2. The number of nitrogens with one attached hydrogen (secondary N) is 1. The maximum atomic E-state index is 5.68. The lowest BCUT2D eigenvalue weighted by molar-refractivity contribution is 1.09. The van der Waals surface area contributed by atoms with Crippen molar-refractivity contribution in [3.8, 4) is 11.3 Å². The van der Waals surface area contributed by atoms with Crippen molar-refractivity contribution in [1.82, 2.24) is 15.2 Å². The molecule has 0 saturated heterocycles. The molecular formula is C8H7BrN4. The van der Waals surface area contributed by atoms with Crippen LogP contribution < -0.4 is 5.73 Å². The van der Waals surface area contributed by atoms with E-state index in [4.69, 9.17) is 5.73 Å². The number of rotatable bonds is 1. The summed E-state index contributed by atoms with van der Waals surface area (Å²) in [6.45, 7) is 0. The maximum absolute atomic E-state index is 5.68. The van der Waals surface area contributed by atoms with E-state index in [0.717, 1.165) is 15.9 Å². The second kappa shape index (κ2) is 3.18. The number of hydrogen-bond donors (Lipinski definition) is 2. The van der Waals surface area contributed by atoms with E-state index < -0.39 is 0 Å². The normalized spacial score (nSPS) is 10.2. The molecule has 0 aliphatic carbocycles. The van der Waals surface area contributed by atoms with Crippen LogP contribution in [0.4, 0.5) is 5.69 Å². The highest BCUT2D eigenvalue weighted by Crippen LogP contribution is 2.22. The van der Waals surface area contributed by atoms with Crippen molar-refractivity contribution < 1.29 is 0 Å². The monoisotopic (exact) mass is 238 g/mol. The van der Waals surface area contributed by atoms with E-state index in [9.17, 15) is 0 Å². The number of hydrogen-bond acceptors (Lipinski definition) is 3. The van der Waals surface area contributed by atoms with Gasteiger partial charge in [0, 0.05) is 11.8 Å². The number of nitrogens with zero attached hydrogens (tertiary/aromatic N) is 2. The lowest BCUT2D eigenvalue weighted by Gasteiger charge is -1.97. The van der Waals surface area contributed by atoms with Crippen molar-refractivity contribution in [2.24, 2.45) is 0 Å². The Hall–Kier alpha value is -1.36. The zero-order chi connectivity index (χ0) is 9.26. The number of anilines is 1. The molecule has 0 radical (unpaired) electrons. The van der Waals surface area contributed by atoms with Crippen molar-refractivity contribution >= 4 is 21.6 Å². The van der Waals surface area contributed by atoms with Gasteiger partial charge < -0.3 is 5.73 Å². The van der Waals surface area contributed by atoms with Crippen molar-refractivity contribution in [3.05, 3.63) is 29.1 Å². The van der Waals surface area contributed by atoms with Gasteiger partial charge in [0.15, 0.2) is 0 Å². The van der Waals surface area contributed by atoms with Gasteiger partial charge in [0.2, 0.25) is 0 Å². The summed E-state index contributed by atoms with van der Waals surface area (Å²) in [5, 5.41) is 6.64. The molecule has 0 aromatic carbocycles. The van der Waals surface area contributed by atoms with Crippen LogP contribution in [-0.4, -0.2) is 15.2 Å². The topological polar surface area (TPSA) is 67.6 Å². The molecule has 13 heavy (non-hydrogen) atoms. The molecule has 2 heterocycles. The summed E-state index contributed by atoms with van der Waals surface area (Å²) in [4.78, 5) is 4.09. The Kier molecular flexibility index (Phi) is 2.02. The van der Waals surface area contributed by atoms with E-state index in [1.807, 2.05) is 12.1 Å². The van der Waals surface area contributed by atoms with Crippen LogP contribution in [0.2, 0.25) is 0 Å². The maximum Gasteiger partial charge on any atom is 0.106 e. The van der Waals surface area contributed by atoms with Gasteiger partial charge in [0.1, 0.15) is 4.60 Å². The van der Waals surface area contributed by atoms with Gasteiger partial charge in [-0.2, -0.15) is 5.10 Å². The molecule has 0 atom stereocenters. The average Bonchev–Trinajstić information content (AvgIpc) is 2.53. The van der Waals surface area contributed by atoms with Crippen LogP contribution in [0.3, 0.4) is 0 Å². The van der Waals surface area contributed by atoms with Gasteiger partial charge in [-0.3, -0.25) is 5.10 Å². The fourth-order valence-corrected chi connectivity index (χ4v) is 1.28. The summed E-state index contributed by atoms with van der Waals surface area (Å²) in [7, 11) is 0. The van der Waals surface area contributed by atoms with E-state index >= 15 is 0 Å². The second-order valence-corrected chi connectivity index (χ2v) is 3.38. The average molecular weight is 239 g/mol. The fraction of sp³-hybridized carbons (Fsp3) is 0. The molecule has 0 unspecified atom stereocenters. The highest BCUT2D eigenvalue weighted by molar-refractivity contribution is 9.10. The molecule has 2 aromatic rings. The smallest absolute Gasteiger partial charge is 0.106 e. The molecular weight excluding hydrogens is 232 g/mol. The van der Waals surface area contributed by atoms with Crippen molar-refractivity contribution in [2.45, 2.75) is 0 Å². The summed E-state index contributed by atoms with van der Waals surface area (Å²) in [6, 6.07) is 3.77. The third-order valence-corrected chi connectivity index (χ3v) is 2.15. The lowest BCUT2D eigenvalue weighted by Crippen LogP contribution is -1.87. The molecule has 66 valence electrons. The molecule has 0 saturated carbocycles. The third kappa shape index (κ3) is 1.55. The Morgan fingerprint density at radius 1 is 1.31 bits per heavy atom. The van der Waals surface area contributed by atoms with E-state index in [1.54, 1.807) is 12.4 Å². The summed E-state index contributed by atoms with van der Waals surface area (Å²) >= 11 is 3.26. The molecule has 0 bridgehead atoms. The standard InChI is InChI=1S/C8H7BrN4/c9-7-2-1-5(3-11-7)8-6(10)4-12-13-8/h1-4H,10H2,(H,12,13). The van der Waals surface area contributed by atoms with E-state index in [1.165, 1.54) is 0 Å². The predicted octanol–water partition coefficient (Wildman–Crippen LogP) is 1.82. The van der Waals surface area contributed by atoms with Crippen LogP contribution in [-0.2, 0) is 0 Å². The largest absolute Gasteiger partial charge is 0.396 e. The summed E-state index contributed by atoms with van der Waals surface area (Å²) < 4.78 is 0.800. The summed E-state index contributed by atoms with van der Waals surface area (Å²) in [5.74, 6) is 0. The molecule has 0 spiro atoms. The summed E-state index contributed by atoms with van der Waals surface area (Å²) in [5.41, 5.74) is 8.04. The van der Waals surface area contributed by atoms with Gasteiger partial charge >= 0.3 is 0 Å². The first-order valence-electron chi connectivity index (χ1n) is 3.68. The van der Waals surface area contributed by atoms with Gasteiger partial charge in [-0.1, -0.05) is 0 Å². The summed E-state index contributed by atoms with van der Waals surface area (Å²) in [6.07, 6.45) is 3.31. The Bertz CT molecular complexity index is 406. The molecule has 0 aliphatic heterocycles. The number of halogens is 1. The number of aromatic nitrogens is 3. The highest BCUT2D eigenvalue weighted by Gasteiger charge is 2.03. The Morgan fingerprint density at radius 3 is 2.69 bits per heavy atom. The Morgan fingerprint density at radius 2 is 2.15 bits per heavy atom. The number of nitrogens with two attached hydrogens (primary N) is 1. The third-order valence-electron chi connectivity index (χ3n) is 1.68. The first kappa shape index (κ1) is 8.25. The zero-order valence-corrected chi connectivity index (χ0v) is 8.25. The van der Waals surface area contributed by atoms with Gasteiger partial charge in [-0.25, -0.2) is 4.98 Å². The van der Waals surface area contributed by atoms with Crippen LogP contribution in [0.15, 0.2) is 29.1 Å². The molecule has 0 fully saturated rings. The molecule has 2 aromatic heterocycles. The van der Waals surface area contributed by atoms with Crippen molar-refractivity contribution in [2.75, 3.05) is 5.73 Å². The second-order valence-electron chi connectivity index (χ2n) is 2.57. The van der Waals surface area contributed by atoms with Gasteiger partial charge in [0.25, 0.3) is 0 Å². The molecule has 0 amide bonds. The van der Waals surface area contributed by atoms with E-state index in [0.29, 0.717) is 5.69 Å². The highest BCUT2D eigenvalue weighted by atomic mass is 79.9. The Labute approximate surface area is 83.3 Å². The zero-order valence-electron chi connectivity index (χ0n) is 6.66. The van der Waals surface area contributed by atoms with E-state index in [-0.39, 0.29) is 0 Å². The van der Waals surface area contributed by atoms with Crippen LogP contribution in [0.25, 0.3) is 11.3 Å². The van der Waals surface area contributed by atoms with Gasteiger partial charge in [0.05, 0.1) is 17.6 Å². The van der Waals surface area contributed by atoms with Crippen LogP contribution in [0.5, 0.6) is 0 Å². The predicted molar refractivity (Wildman–Crippen MR) is 53.9 cm³/mol. The van der Waals surface area contributed by atoms with Crippen LogP contribution in [0.1, 0.15) is 0 Å². The molecule has 3 N–H and O–H groups in total. The number of nitrogen functional groups attached to an aromatic ring is 1. The molecule has 4 nitrogen and oxygen atoms in total.